The van der Waals surface area contributed by atoms with E-state index in [0.29, 0.717) is 0 Å². The molecule has 1 saturated heterocycles. The van der Waals surface area contributed by atoms with Crippen molar-refractivity contribution in [2.45, 2.75) is 19.3 Å². The molecule has 2 fully saturated rings. The van der Waals surface area contributed by atoms with Crippen molar-refractivity contribution in [3.05, 3.63) is 0 Å². The maximum Gasteiger partial charge on any atom is 0.0468 e. The molecule has 64 valence electrons. The molecule has 1 heterocycles. The van der Waals surface area contributed by atoms with Gasteiger partial charge in [-0.15, -0.1) is 0 Å². The lowest BCUT2D eigenvalue weighted by Crippen LogP contribution is -2.17. The Morgan fingerprint density at radius 3 is 2.55 bits per heavy atom. The molecule has 0 radical (unpaired) electrons. The lowest BCUT2D eigenvalue weighted by atomic mass is 9.94. The minimum absolute atomic E-state index is 0.992. The highest BCUT2D eigenvalue weighted by Gasteiger charge is 2.41. The van der Waals surface area contributed by atoms with Crippen molar-refractivity contribution in [1.82, 2.24) is 0 Å². The van der Waals surface area contributed by atoms with Crippen molar-refractivity contribution in [2.24, 2.45) is 17.8 Å². The number of rotatable bonds is 2. The van der Waals surface area contributed by atoms with Crippen molar-refractivity contribution in [1.29, 1.82) is 0 Å². The van der Waals surface area contributed by atoms with E-state index in [9.17, 15) is 0 Å². The van der Waals surface area contributed by atoms with Crippen LogP contribution in [0.2, 0.25) is 0 Å². The van der Waals surface area contributed by atoms with E-state index in [0.717, 1.165) is 31.0 Å². The van der Waals surface area contributed by atoms with Crippen molar-refractivity contribution in [3.8, 4) is 0 Å². The summed E-state index contributed by atoms with van der Waals surface area (Å²) in [6.45, 7) is 2.02. The second kappa shape index (κ2) is 3.44. The van der Waals surface area contributed by atoms with Gasteiger partial charge in [0.05, 0.1) is 0 Å². The van der Waals surface area contributed by atoms with Crippen LogP contribution < -0.4 is 0 Å². The van der Waals surface area contributed by atoms with Gasteiger partial charge in [0.15, 0.2) is 0 Å². The van der Waals surface area contributed by atoms with E-state index in [1.807, 2.05) is 0 Å². The number of ether oxygens (including phenoxy) is 1. The third kappa shape index (κ3) is 1.78. The zero-order valence-corrected chi connectivity index (χ0v) is 8.35. The minimum Gasteiger partial charge on any atom is -0.381 e. The molecule has 0 bridgehead atoms. The van der Waals surface area contributed by atoms with Crippen LogP contribution in [0, 0.1) is 17.8 Å². The maximum atomic E-state index is 5.33. The summed E-state index contributed by atoms with van der Waals surface area (Å²) in [5, 5.41) is 1.22. The molecule has 1 aliphatic heterocycles. The summed E-state index contributed by atoms with van der Waals surface area (Å²) < 4.78 is 5.33. The average Bonchev–Trinajstić information content (AvgIpc) is 2.85. The van der Waals surface area contributed by atoms with Crippen molar-refractivity contribution >= 4 is 15.9 Å². The first-order valence-electron chi connectivity index (χ1n) is 4.55. The fourth-order valence-electron chi connectivity index (χ4n) is 2.17. The predicted molar refractivity (Wildman–Crippen MR) is 48.9 cm³/mol. The van der Waals surface area contributed by atoms with Crippen LogP contribution in [0.3, 0.4) is 0 Å². The maximum absolute atomic E-state index is 5.33. The molecule has 2 unspecified atom stereocenters. The Balaban J connectivity index is 1.77. The van der Waals surface area contributed by atoms with Crippen LogP contribution in [-0.2, 0) is 4.74 Å². The van der Waals surface area contributed by atoms with Crippen LogP contribution in [-0.4, -0.2) is 18.5 Å². The van der Waals surface area contributed by atoms with Crippen molar-refractivity contribution in [3.63, 3.8) is 0 Å². The van der Waals surface area contributed by atoms with Crippen molar-refractivity contribution < 1.29 is 4.74 Å². The fraction of sp³-hybridized carbons (Fsp3) is 1.00. The highest BCUT2D eigenvalue weighted by Crippen LogP contribution is 2.48. The molecule has 2 aliphatic rings. The molecule has 11 heavy (non-hydrogen) atoms. The Bertz CT molecular complexity index is 132. The van der Waals surface area contributed by atoms with E-state index in [2.05, 4.69) is 15.9 Å². The first-order valence-corrected chi connectivity index (χ1v) is 5.67. The van der Waals surface area contributed by atoms with Gasteiger partial charge in [-0.25, -0.2) is 0 Å². The summed E-state index contributed by atoms with van der Waals surface area (Å²) >= 11 is 3.55. The van der Waals surface area contributed by atoms with Gasteiger partial charge in [-0.3, -0.25) is 0 Å². The first kappa shape index (κ1) is 8.06. The molecule has 1 saturated carbocycles. The Labute approximate surface area is 76.6 Å². The normalized spacial score (nSPS) is 39.0. The smallest absolute Gasteiger partial charge is 0.0468 e. The lowest BCUT2D eigenvalue weighted by molar-refractivity contribution is 0.0585. The van der Waals surface area contributed by atoms with Gasteiger partial charge in [-0.1, -0.05) is 15.9 Å². The Morgan fingerprint density at radius 2 is 2.00 bits per heavy atom. The molecule has 2 atom stereocenters. The molecular formula is C9H15BrO. The fourth-order valence-corrected chi connectivity index (χ4v) is 2.91. The Hall–Kier alpha value is 0.440. The molecule has 1 aliphatic carbocycles. The lowest BCUT2D eigenvalue weighted by Gasteiger charge is -2.21. The molecule has 0 aromatic carbocycles. The summed E-state index contributed by atoms with van der Waals surface area (Å²) in [5.74, 6) is 3.03. The van der Waals surface area contributed by atoms with Crippen LogP contribution in [0.25, 0.3) is 0 Å². The monoisotopic (exact) mass is 218 g/mol. The van der Waals surface area contributed by atoms with E-state index in [-0.39, 0.29) is 0 Å². The number of hydrogen-bond donors (Lipinski definition) is 0. The number of alkyl halides is 1. The third-order valence-electron chi connectivity index (χ3n) is 3.05. The molecule has 0 spiro atoms. The number of halogens is 1. The summed E-state index contributed by atoms with van der Waals surface area (Å²) in [7, 11) is 0. The molecule has 0 N–H and O–H groups in total. The second-order valence-electron chi connectivity index (χ2n) is 3.76. The summed E-state index contributed by atoms with van der Waals surface area (Å²) in [6, 6.07) is 0. The van der Waals surface area contributed by atoms with E-state index in [1.165, 1.54) is 24.6 Å². The first-order chi connectivity index (χ1) is 5.42. The zero-order valence-electron chi connectivity index (χ0n) is 6.76. The largest absolute Gasteiger partial charge is 0.381 e. The topological polar surface area (TPSA) is 9.23 Å². The van der Waals surface area contributed by atoms with E-state index >= 15 is 0 Å². The standard InChI is InChI=1S/C9H15BrO/c10-6-8-5-9(8)7-1-3-11-4-2-7/h7-9H,1-6H2. The number of hydrogen-bond acceptors (Lipinski definition) is 1. The Morgan fingerprint density at radius 1 is 1.27 bits per heavy atom. The van der Waals surface area contributed by atoms with Crippen LogP contribution in [0.4, 0.5) is 0 Å². The minimum atomic E-state index is 0.992. The van der Waals surface area contributed by atoms with Gasteiger partial charge in [0.25, 0.3) is 0 Å². The van der Waals surface area contributed by atoms with Gasteiger partial charge in [0.2, 0.25) is 0 Å². The molecule has 0 aromatic rings. The average molecular weight is 219 g/mol. The quantitative estimate of drug-likeness (QED) is 0.648. The molecule has 2 rings (SSSR count). The summed E-state index contributed by atoms with van der Waals surface area (Å²) in [4.78, 5) is 0. The van der Waals surface area contributed by atoms with Gasteiger partial charge in [-0.05, 0) is 37.0 Å². The van der Waals surface area contributed by atoms with E-state index in [1.54, 1.807) is 0 Å². The highest BCUT2D eigenvalue weighted by atomic mass is 79.9. The third-order valence-corrected chi connectivity index (χ3v) is 3.88. The SMILES string of the molecule is BrCC1CC1C1CCOCC1. The molecule has 0 amide bonds. The van der Waals surface area contributed by atoms with E-state index < -0.39 is 0 Å². The molecular weight excluding hydrogens is 204 g/mol. The van der Waals surface area contributed by atoms with Gasteiger partial charge in [0, 0.05) is 18.5 Å². The van der Waals surface area contributed by atoms with Gasteiger partial charge >= 0.3 is 0 Å². The van der Waals surface area contributed by atoms with Crippen LogP contribution in [0.1, 0.15) is 19.3 Å². The molecule has 1 nitrogen and oxygen atoms in total. The summed E-state index contributed by atoms with van der Waals surface area (Å²) in [5.41, 5.74) is 0. The van der Waals surface area contributed by atoms with Crippen LogP contribution in [0.15, 0.2) is 0 Å². The zero-order chi connectivity index (χ0) is 7.68. The van der Waals surface area contributed by atoms with Crippen LogP contribution >= 0.6 is 15.9 Å². The predicted octanol–water partition coefficient (Wildman–Crippen LogP) is 2.44. The Kier molecular flexibility index (Phi) is 2.52. The van der Waals surface area contributed by atoms with Gasteiger partial charge < -0.3 is 4.74 Å². The van der Waals surface area contributed by atoms with Gasteiger partial charge in [0.1, 0.15) is 0 Å². The second-order valence-corrected chi connectivity index (χ2v) is 4.41. The molecule has 2 heteroatoms. The van der Waals surface area contributed by atoms with E-state index in [4.69, 9.17) is 4.74 Å². The molecule has 0 aromatic heterocycles. The van der Waals surface area contributed by atoms with Gasteiger partial charge in [-0.2, -0.15) is 0 Å². The van der Waals surface area contributed by atoms with Crippen LogP contribution in [0.5, 0.6) is 0 Å². The van der Waals surface area contributed by atoms with Crippen molar-refractivity contribution in [2.75, 3.05) is 18.5 Å². The summed E-state index contributed by atoms with van der Waals surface area (Å²) in [6.07, 6.45) is 4.10. The highest BCUT2D eigenvalue weighted by molar-refractivity contribution is 9.09.